The molecule has 0 aliphatic rings. The van der Waals surface area contributed by atoms with E-state index in [2.05, 4.69) is 93.7 Å². The molecule has 0 heterocycles. The number of phosphoric ester groups is 2. The number of hydrogen-bond donors (Lipinski definition) is 4. The van der Waals surface area contributed by atoms with Crippen LogP contribution in [0.25, 0.3) is 0 Å². The zero-order valence-electron chi connectivity index (χ0n) is 54.7. The molecule has 0 fully saturated rings. The standard InChI is InChI=1S/C69H124O16P2/c1-4-7-10-13-16-19-22-24-26-27-28-29-30-31-32-33-34-35-37-39-41-43-46-49-52-55-67(72)79-58-64(70)59-81-86(75,76)82-60-65(71)61-83-87(77,78)84-63-66(85-69(74)57-54-51-48-45-40-21-18-15-12-9-6-3)62-80-68(73)56-53-50-47-44-42-38-36-25-23-20-17-14-11-8-5-2/h7,10,16,19,24,26,28-29,31-32,34-35,64-66,70-71H,4-6,8-9,11-15,17-18,20-23,25,27,30,33,36-63H2,1-3H3,(H,75,76)(H,77,78)/b10-7-,19-16-,26-24-,29-28-,32-31-,35-34-. The second kappa shape index (κ2) is 63.2. The zero-order chi connectivity index (χ0) is 63.8. The molecule has 0 aromatic heterocycles. The van der Waals surface area contributed by atoms with E-state index in [1.165, 1.54) is 109 Å². The van der Waals surface area contributed by atoms with E-state index >= 15 is 0 Å². The molecular weight excluding hydrogens is 1150 g/mol. The Morgan fingerprint density at radius 1 is 0.333 bits per heavy atom. The third-order valence-electron chi connectivity index (χ3n) is 14.4. The fourth-order valence-corrected chi connectivity index (χ4v) is 10.8. The van der Waals surface area contributed by atoms with Crippen LogP contribution in [-0.4, -0.2) is 95.9 Å². The Morgan fingerprint density at radius 2 is 0.609 bits per heavy atom. The first-order chi connectivity index (χ1) is 42.2. The van der Waals surface area contributed by atoms with Crippen LogP contribution in [-0.2, 0) is 55.8 Å². The van der Waals surface area contributed by atoms with Crippen molar-refractivity contribution in [1.29, 1.82) is 0 Å². The van der Waals surface area contributed by atoms with Crippen LogP contribution < -0.4 is 0 Å². The minimum absolute atomic E-state index is 0.111. The maximum atomic E-state index is 12.9. The van der Waals surface area contributed by atoms with Crippen LogP contribution in [0.4, 0.5) is 0 Å². The van der Waals surface area contributed by atoms with Crippen LogP contribution in [0.3, 0.4) is 0 Å². The van der Waals surface area contributed by atoms with Crippen molar-refractivity contribution in [2.24, 2.45) is 0 Å². The number of unbranched alkanes of at least 4 members (excludes halogenated alkanes) is 30. The Labute approximate surface area is 528 Å². The highest BCUT2D eigenvalue weighted by molar-refractivity contribution is 7.47. The van der Waals surface area contributed by atoms with Gasteiger partial charge in [0.1, 0.15) is 25.4 Å². The molecule has 4 N–H and O–H groups in total. The lowest BCUT2D eigenvalue weighted by molar-refractivity contribution is -0.161. The minimum atomic E-state index is -4.91. The van der Waals surface area contributed by atoms with Gasteiger partial charge in [-0.05, 0) is 70.6 Å². The largest absolute Gasteiger partial charge is 0.472 e. The van der Waals surface area contributed by atoms with Crippen molar-refractivity contribution in [2.45, 2.75) is 309 Å². The summed E-state index contributed by atoms with van der Waals surface area (Å²) in [6.45, 7) is 2.56. The Bertz CT molecular complexity index is 1880. The van der Waals surface area contributed by atoms with E-state index in [1.54, 1.807) is 0 Å². The van der Waals surface area contributed by atoms with Crippen molar-refractivity contribution >= 4 is 33.6 Å². The number of esters is 3. The lowest BCUT2D eigenvalue weighted by Gasteiger charge is -2.21. The molecule has 0 rings (SSSR count). The predicted octanol–water partition coefficient (Wildman–Crippen LogP) is 18.8. The predicted molar refractivity (Wildman–Crippen MR) is 353 cm³/mol. The van der Waals surface area contributed by atoms with E-state index in [4.69, 9.17) is 32.3 Å². The van der Waals surface area contributed by atoms with E-state index < -0.39 is 91.5 Å². The molecule has 0 aliphatic carbocycles. The maximum Gasteiger partial charge on any atom is 0.472 e. The Kier molecular flexibility index (Phi) is 61.0. The Balaban J connectivity index is 4.50. The van der Waals surface area contributed by atoms with Crippen LogP contribution in [0, 0.1) is 0 Å². The lowest BCUT2D eigenvalue weighted by Crippen LogP contribution is -2.30. The molecule has 0 saturated carbocycles. The molecule has 5 unspecified atom stereocenters. The van der Waals surface area contributed by atoms with Gasteiger partial charge >= 0.3 is 33.6 Å². The number of aliphatic hydroxyl groups is 2. The Morgan fingerprint density at radius 3 is 0.966 bits per heavy atom. The normalized spacial score (nSPS) is 14.7. The Hall–Kier alpha value is -3.01. The molecule has 0 aliphatic heterocycles. The number of carbonyl (C=O) groups is 3. The molecule has 0 spiro atoms. The number of allylic oxidation sites excluding steroid dienone is 12. The van der Waals surface area contributed by atoms with Gasteiger partial charge in [0.05, 0.1) is 26.4 Å². The molecule has 0 bridgehead atoms. The maximum absolute atomic E-state index is 12.9. The van der Waals surface area contributed by atoms with Crippen molar-refractivity contribution < 1.29 is 75.8 Å². The summed E-state index contributed by atoms with van der Waals surface area (Å²) in [5.41, 5.74) is 0. The summed E-state index contributed by atoms with van der Waals surface area (Å²) in [5.74, 6) is -1.57. The first-order valence-electron chi connectivity index (χ1n) is 34.2. The minimum Gasteiger partial charge on any atom is -0.463 e. The van der Waals surface area contributed by atoms with Crippen LogP contribution in [0.5, 0.6) is 0 Å². The summed E-state index contributed by atoms with van der Waals surface area (Å²) in [7, 11) is -9.76. The van der Waals surface area contributed by atoms with E-state index in [0.29, 0.717) is 19.3 Å². The summed E-state index contributed by atoms with van der Waals surface area (Å²) in [4.78, 5) is 58.2. The SMILES string of the molecule is CC/C=C\C/C=C\C/C=C\C/C=C\C/C=C\C/C=C\CCCCCCCCC(=O)OCC(O)COP(=O)(O)OCC(O)COP(=O)(O)OCC(COC(=O)CCCCCCCCCCCCCCCCC)OC(=O)CCCCCCCCCCCCC. The fraction of sp³-hybridized carbons (Fsp3) is 0.783. The van der Waals surface area contributed by atoms with Gasteiger partial charge in [0.25, 0.3) is 0 Å². The number of phosphoric acid groups is 2. The van der Waals surface area contributed by atoms with Crippen molar-refractivity contribution in [2.75, 3.05) is 39.6 Å². The van der Waals surface area contributed by atoms with Gasteiger partial charge in [-0.25, -0.2) is 9.13 Å². The molecule has 87 heavy (non-hydrogen) atoms. The third kappa shape index (κ3) is 64.3. The van der Waals surface area contributed by atoms with Crippen LogP contribution in [0.15, 0.2) is 72.9 Å². The van der Waals surface area contributed by atoms with E-state index in [9.17, 15) is 43.5 Å². The average molecular weight is 1270 g/mol. The van der Waals surface area contributed by atoms with Crippen molar-refractivity contribution in [3.8, 4) is 0 Å². The van der Waals surface area contributed by atoms with Gasteiger partial charge in [0.15, 0.2) is 6.10 Å². The molecule has 5 atom stereocenters. The monoisotopic (exact) mass is 1270 g/mol. The first-order valence-corrected chi connectivity index (χ1v) is 37.2. The lowest BCUT2D eigenvalue weighted by atomic mass is 10.0. The third-order valence-corrected chi connectivity index (χ3v) is 16.3. The average Bonchev–Trinajstić information content (AvgIpc) is 3.56. The van der Waals surface area contributed by atoms with Gasteiger partial charge in [-0.1, -0.05) is 273 Å². The van der Waals surface area contributed by atoms with Crippen LogP contribution in [0.1, 0.15) is 290 Å². The molecule has 0 aromatic carbocycles. The van der Waals surface area contributed by atoms with Crippen molar-refractivity contribution in [3.63, 3.8) is 0 Å². The van der Waals surface area contributed by atoms with Gasteiger partial charge in [0.2, 0.25) is 0 Å². The van der Waals surface area contributed by atoms with Gasteiger partial charge in [-0.3, -0.25) is 32.5 Å². The number of carbonyl (C=O) groups excluding carboxylic acids is 3. The van der Waals surface area contributed by atoms with E-state index in [0.717, 1.165) is 122 Å². The molecule has 506 valence electrons. The summed E-state index contributed by atoms with van der Waals surface area (Å²) in [5, 5.41) is 20.5. The molecule has 0 saturated heterocycles. The highest BCUT2D eigenvalue weighted by Crippen LogP contribution is 2.45. The second-order valence-corrected chi connectivity index (χ2v) is 25.9. The smallest absolute Gasteiger partial charge is 0.463 e. The van der Waals surface area contributed by atoms with Gasteiger partial charge in [-0.2, -0.15) is 0 Å². The van der Waals surface area contributed by atoms with E-state index in [-0.39, 0.29) is 19.3 Å². The quantitative estimate of drug-likeness (QED) is 0.0146. The van der Waals surface area contributed by atoms with Gasteiger partial charge < -0.3 is 34.2 Å². The zero-order valence-corrected chi connectivity index (χ0v) is 56.5. The molecule has 16 nitrogen and oxygen atoms in total. The van der Waals surface area contributed by atoms with E-state index in [1.807, 2.05) is 0 Å². The first kappa shape index (κ1) is 84.0. The van der Waals surface area contributed by atoms with Gasteiger partial charge in [-0.15, -0.1) is 0 Å². The summed E-state index contributed by atoms with van der Waals surface area (Å²) in [6.07, 6.45) is 65.3. The van der Waals surface area contributed by atoms with Gasteiger partial charge in [0, 0.05) is 19.3 Å². The van der Waals surface area contributed by atoms with Crippen LogP contribution in [0.2, 0.25) is 0 Å². The number of hydrogen-bond acceptors (Lipinski definition) is 14. The summed E-state index contributed by atoms with van der Waals surface area (Å²) in [6, 6.07) is 0. The number of ether oxygens (including phenoxy) is 3. The number of aliphatic hydroxyl groups excluding tert-OH is 2. The molecule has 0 radical (unpaired) electrons. The molecule has 18 heteroatoms. The summed E-state index contributed by atoms with van der Waals surface area (Å²) < 4.78 is 60.8. The second-order valence-electron chi connectivity index (χ2n) is 23.0. The van der Waals surface area contributed by atoms with Crippen LogP contribution >= 0.6 is 15.6 Å². The summed E-state index contributed by atoms with van der Waals surface area (Å²) >= 11 is 0. The fourth-order valence-electron chi connectivity index (χ4n) is 9.22. The topological polar surface area (TPSA) is 231 Å². The molecular formula is C69H124O16P2. The highest BCUT2D eigenvalue weighted by atomic mass is 31.2. The molecule has 0 amide bonds. The van der Waals surface area contributed by atoms with Crippen molar-refractivity contribution in [1.82, 2.24) is 0 Å². The molecule has 0 aromatic rings. The van der Waals surface area contributed by atoms with Crippen molar-refractivity contribution in [3.05, 3.63) is 72.9 Å². The number of rotatable bonds is 65. The highest BCUT2D eigenvalue weighted by Gasteiger charge is 2.29.